The van der Waals surface area contributed by atoms with Crippen LogP contribution in [0.3, 0.4) is 0 Å². The number of carboxylic acid groups (broad SMARTS) is 1. The molecule has 0 fully saturated rings. The zero-order valence-electron chi connectivity index (χ0n) is 16.9. The smallest absolute Gasteiger partial charge is 0.337 e. The van der Waals surface area contributed by atoms with Gasteiger partial charge in [-0.25, -0.2) is 17.9 Å². The van der Waals surface area contributed by atoms with Crippen LogP contribution < -0.4 is 14.8 Å². The maximum atomic E-state index is 12.5. The van der Waals surface area contributed by atoms with Crippen molar-refractivity contribution in [2.45, 2.75) is 44.0 Å². The number of anilines is 1. The zero-order valence-corrected chi connectivity index (χ0v) is 17.8. The summed E-state index contributed by atoms with van der Waals surface area (Å²) in [6, 6.07) is 11.5. The van der Waals surface area contributed by atoms with Crippen LogP contribution in [0.15, 0.2) is 47.4 Å². The highest BCUT2D eigenvalue weighted by Gasteiger charge is 2.20. The fourth-order valence-electron chi connectivity index (χ4n) is 2.98. The van der Waals surface area contributed by atoms with E-state index in [0.717, 1.165) is 17.7 Å². The molecule has 0 aliphatic rings. The summed E-state index contributed by atoms with van der Waals surface area (Å²) in [7, 11) is -2.17. The Balaban J connectivity index is 2.11. The molecule has 0 aliphatic carbocycles. The van der Waals surface area contributed by atoms with Crippen LogP contribution in [0.4, 0.5) is 5.69 Å². The van der Waals surface area contributed by atoms with Crippen molar-refractivity contribution in [1.82, 2.24) is 4.72 Å². The first-order chi connectivity index (χ1) is 13.8. The Labute approximate surface area is 172 Å². The number of methoxy groups -OCH3 is 1. The van der Waals surface area contributed by atoms with Crippen LogP contribution in [0, 0.1) is 0 Å². The molecule has 0 unspecified atom stereocenters. The number of rotatable bonds is 11. The second-order valence-corrected chi connectivity index (χ2v) is 8.56. The van der Waals surface area contributed by atoms with Crippen molar-refractivity contribution in [3.8, 4) is 5.75 Å². The summed E-state index contributed by atoms with van der Waals surface area (Å²) in [5.41, 5.74) is 1.38. The molecule has 158 valence electrons. The first-order valence-electron chi connectivity index (χ1n) is 9.53. The molecular formula is C21H28N2O5S. The van der Waals surface area contributed by atoms with E-state index in [-0.39, 0.29) is 16.5 Å². The third kappa shape index (κ3) is 6.47. The molecule has 8 heteroatoms. The predicted octanol–water partition coefficient (Wildman–Crippen LogP) is 3.51. The zero-order chi connectivity index (χ0) is 21.4. The van der Waals surface area contributed by atoms with Crippen LogP contribution in [0.1, 0.15) is 42.6 Å². The first kappa shape index (κ1) is 22.7. The summed E-state index contributed by atoms with van der Waals surface area (Å²) in [6.07, 6.45) is 2.23. The van der Waals surface area contributed by atoms with Crippen molar-refractivity contribution in [2.24, 2.45) is 0 Å². The van der Waals surface area contributed by atoms with Crippen LogP contribution in [0.5, 0.6) is 5.75 Å². The molecular weight excluding hydrogens is 392 g/mol. The minimum absolute atomic E-state index is 0.0569. The Morgan fingerprint density at radius 1 is 1.17 bits per heavy atom. The van der Waals surface area contributed by atoms with Crippen LogP contribution in [0.25, 0.3) is 0 Å². The van der Waals surface area contributed by atoms with E-state index in [4.69, 9.17) is 4.74 Å². The summed E-state index contributed by atoms with van der Waals surface area (Å²) in [5, 5.41) is 12.6. The van der Waals surface area contributed by atoms with Gasteiger partial charge in [0.2, 0.25) is 10.0 Å². The Morgan fingerprint density at radius 3 is 2.45 bits per heavy atom. The standard InChI is InChI=1S/C21H28N2O5S/c1-4-5-15(2)23-29(26,27)18-10-11-20(19(14-18)21(24)25)22-13-12-16-6-8-17(28-3)9-7-16/h6-11,14-15,22-23H,4-5,12-13H2,1-3H3,(H,24,25)/t15-/m1/s1. The van der Waals surface area contributed by atoms with Gasteiger partial charge >= 0.3 is 5.97 Å². The minimum Gasteiger partial charge on any atom is -0.497 e. The highest BCUT2D eigenvalue weighted by molar-refractivity contribution is 7.89. The van der Waals surface area contributed by atoms with Gasteiger partial charge in [0.25, 0.3) is 0 Å². The van der Waals surface area contributed by atoms with Crippen molar-refractivity contribution in [3.63, 3.8) is 0 Å². The molecule has 2 aromatic carbocycles. The van der Waals surface area contributed by atoms with E-state index in [2.05, 4.69) is 10.0 Å². The molecule has 0 heterocycles. The van der Waals surface area contributed by atoms with Crippen molar-refractivity contribution >= 4 is 21.7 Å². The van der Waals surface area contributed by atoms with Gasteiger partial charge in [0.15, 0.2) is 0 Å². The van der Waals surface area contributed by atoms with E-state index in [0.29, 0.717) is 25.1 Å². The monoisotopic (exact) mass is 420 g/mol. The van der Waals surface area contributed by atoms with E-state index < -0.39 is 16.0 Å². The van der Waals surface area contributed by atoms with Gasteiger partial charge in [0.1, 0.15) is 5.75 Å². The predicted molar refractivity (Wildman–Crippen MR) is 113 cm³/mol. The van der Waals surface area contributed by atoms with Gasteiger partial charge in [0, 0.05) is 18.3 Å². The molecule has 29 heavy (non-hydrogen) atoms. The number of nitrogens with one attached hydrogen (secondary N) is 2. The van der Waals surface area contributed by atoms with Crippen LogP contribution in [-0.2, 0) is 16.4 Å². The molecule has 3 N–H and O–H groups in total. The Morgan fingerprint density at radius 2 is 1.86 bits per heavy atom. The normalized spacial score (nSPS) is 12.4. The molecule has 2 rings (SSSR count). The van der Waals surface area contributed by atoms with E-state index in [1.165, 1.54) is 18.2 Å². The molecule has 0 aromatic heterocycles. The van der Waals surface area contributed by atoms with Gasteiger partial charge in [-0.2, -0.15) is 0 Å². The average Bonchev–Trinajstić information content (AvgIpc) is 2.68. The molecule has 0 saturated heterocycles. The van der Waals surface area contributed by atoms with Gasteiger partial charge in [-0.1, -0.05) is 25.5 Å². The summed E-state index contributed by atoms with van der Waals surface area (Å²) in [5.74, 6) is -0.413. The highest BCUT2D eigenvalue weighted by atomic mass is 32.2. The summed E-state index contributed by atoms with van der Waals surface area (Å²) in [4.78, 5) is 11.6. The number of hydrogen-bond acceptors (Lipinski definition) is 5. The quantitative estimate of drug-likeness (QED) is 0.514. The molecule has 2 aromatic rings. The average molecular weight is 421 g/mol. The fraction of sp³-hybridized carbons (Fsp3) is 0.381. The van der Waals surface area contributed by atoms with Crippen molar-refractivity contribution in [3.05, 3.63) is 53.6 Å². The maximum absolute atomic E-state index is 12.5. The molecule has 0 bridgehead atoms. The second-order valence-electron chi connectivity index (χ2n) is 6.85. The van der Waals surface area contributed by atoms with Crippen molar-refractivity contribution in [2.75, 3.05) is 19.0 Å². The lowest BCUT2D eigenvalue weighted by Crippen LogP contribution is -2.32. The fourth-order valence-corrected chi connectivity index (χ4v) is 4.28. The van der Waals surface area contributed by atoms with Crippen molar-refractivity contribution in [1.29, 1.82) is 0 Å². The summed E-state index contributed by atoms with van der Waals surface area (Å²) >= 11 is 0. The molecule has 7 nitrogen and oxygen atoms in total. The van der Waals surface area contributed by atoms with E-state index >= 15 is 0 Å². The molecule has 0 aliphatic heterocycles. The Hall–Kier alpha value is -2.58. The first-order valence-corrected chi connectivity index (χ1v) is 11.0. The summed E-state index contributed by atoms with van der Waals surface area (Å²) in [6.45, 7) is 4.26. The summed E-state index contributed by atoms with van der Waals surface area (Å²) < 4.78 is 32.7. The number of carbonyl (C=O) groups is 1. The number of benzene rings is 2. The number of hydrogen-bond donors (Lipinski definition) is 3. The molecule has 0 radical (unpaired) electrons. The van der Waals surface area contributed by atoms with Gasteiger partial charge in [-0.15, -0.1) is 0 Å². The molecule has 0 spiro atoms. The Kier molecular flexibility index (Phi) is 8.04. The SMILES string of the molecule is CCC[C@@H](C)NS(=O)(=O)c1ccc(NCCc2ccc(OC)cc2)c(C(=O)O)c1. The number of aromatic carboxylic acids is 1. The lowest BCUT2D eigenvalue weighted by atomic mass is 10.1. The largest absolute Gasteiger partial charge is 0.497 e. The third-order valence-electron chi connectivity index (χ3n) is 4.50. The molecule has 0 saturated carbocycles. The second kappa shape index (κ2) is 10.3. The minimum atomic E-state index is -3.78. The highest BCUT2D eigenvalue weighted by Crippen LogP contribution is 2.21. The number of ether oxygens (including phenoxy) is 1. The van der Waals surface area contributed by atoms with Crippen LogP contribution in [-0.4, -0.2) is 39.2 Å². The van der Waals surface area contributed by atoms with Gasteiger partial charge < -0.3 is 15.2 Å². The van der Waals surface area contributed by atoms with Crippen LogP contribution >= 0.6 is 0 Å². The number of carboxylic acids is 1. The maximum Gasteiger partial charge on any atom is 0.337 e. The lowest BCUT2D eigenvalue weighted by molar-refractivity contribution is 0.0697. The molecule has 1 atom stereocenters. The van der Waals surface area contributed by atoms with Gasteiger partial charge in [-0.05, 0) is 55.7 Å². The van der Waals surface area contributed by atoms with Gasteiger partial charge in [0.05, 0.1) is 17.6 Å². The van der Waals surface area contributed by atoms with Crippen molar-refractivity contribution < 1.29 is 23.1 Å². The molecule has 0 amide bonds. The van der Waals surface area contributed by atoms with E-state index in [1.54, 1.807) is 14.0 Å². The topological polar surface area (TPSA) is 105 Å². The van der Waals surface area contributed by atoms with E-state index in [9.17, 15) is 18.3 Å². The van der Waals surface area contributed by atoms with Crippen LogP contribution in [0.2, 0.25) is 0 Å². The van der Waals surface area contributed by atoms with Gasteiger partial charge in [-0.3, -0.25) is 0 Å². The lowest BCUT2D eigenvalue weighted by Gasteiger charge is -2.15. The van der Waals surface area contributed by atoms with E-state index in [1.807, 2.05) is 31.2 Å². The third-order valence-corrected chi connectivity index (χ3v) is 6.09. The Bertz CT molecular complexity index is 927. The number of sulfonamides is 1.